The summed E-state index contributed by atoms with van der Waals surface area (Å²) in [4.78, 5) is 13.5. The number of likely N-dealkylation sites (N-methyl/N-ethyl adjacent to an activating group) is 1. The number of hydrogen-bond donors (Lipinski definition) is 2. The van der Waals surface area contributed by atoms with Gasteiger partial charge in [0.15, 0.2) is 0 Å². The fourth-order valence-electron chi connectivity index (χ4n) is 1.75. The molecule has 2 N–H and O–H groups in total. The first-order valence-electron chi connectivity index (χ1n) is 4.98. The summed E-state index contributed by atoms with van der Waals surface area (Å²) in [5.74, 6) is 0.0315. The van der Waals surface area contributed by atoms with E-state index in [4.69, 9.17) is 5.11 Å². The van der Waals surface area contributed by atoms with Gasteiger partial charge in [-0.25, -0.2) is 0 Å². The van der Waals surface area contributed by atoms with E-state index in [1.54, 1.807) is 11.9 Å². The third-order valence-corrected chi connectivity index (χ3v) is 2.58. The molecule has 0 aromatic heterocycles. The molecule has 4 heteroatoms. The smallest absolute Gasteiger partial charge is 0.243 e. The maximum Gasteiger partial charge on any atom is 0.243 e. The Morgan fingerprint density at radius 1 is 1.71 bits per heavy atom. The lowest BCUT2D eigenvalue weighted by molar-refractivity contribution is -0.131. The van der Waals surface area contributed by atoms with E-state index in [0.717, 1.165) is 25.0 Å². The van der Waals surface area contributed by atoms with Crippen LogP contribution in [-0.4, -0.2) is 42.2 Å². The molecule has 1 fully saturated rings. The molecule has 0 spiro atoms. The van der Waals surface area contributed by atoms with E-state index < -0.39 is 0 Å². The summed E-state index contributed by atoms with van der Waals surface area (Å²) in [5.41, 5.74) is 0.821. The summed E-state index contributed by atoms with van der Waals surface area (Å²) in [6.45, 7) is 4.20. The van der Waals surface area contributed by atoms with Crippen molar-refractivity contribution in [2.24, 2.45) is 0 Å². The van der Waals surface area contributed by atoms with Gasteiger partial charge in [0.2, 0.25) is 5.91 Å². The highest BCUT2D eigenvalue weighted by Gasteiger charge is 2.27. The zero-order chi connectivity index (χ0) is 10.6. The summed E-state index contributed by atoms with van der Waals surface area (Å²) in [6, 6.07) is -0.124. The van der Waals surface area contributed by atoms with Crippen molar-refractivity contribution in [2.75, 3.05) is 20.2 Å². The van der Waals surface area contributed by atoms with Gasteiger partial charge in [0, 0.05) is 12.2 Å². The van der Waals surface area contributed by atoms with Gasteiger partial charge in [-0.2, -0.15) is 0 Å². The zero-order valence-electron chi connectivity index (χ0n) is 8.62. The Labute approximate surface area is 84.6 Å². The lowest BCUT2D eigenvalue weighted by Crippen LogP contribution is -2.44. The second kappa shape index (κ2) is 5.12. The van der Waals surface area contributed by atoms with Crippen LogP contribution in [0.3, 0.4) is 0 Å². The van der Waals surface area contributed by atoms with E-state index in [0.29, 0.717) is 6.54 Å². The van der Waals surface area contributed by atoms with Crippen LogP contribution < -0.4 is 5.32 Å². The predicted octanol–water partition coefficient (Wildman–Crippen LogP) is 0.0929. The summed E-state index contributed by atoms with van der Waals surface area (Å²) in [5, 5.41) is 11.8. The molecule has 14 heavy (non-hydrogen) atoms. The molecule has 0 bridgehead atoms. The summed E-state index contributed by atoms with van der Waals surface area (Å²) in [6.07, 6.45) is 2.65. The Morgan fingerprint density at radius 3 is 3.00 bits per heavy atom. The van der Waals surface area contributed by atoms with Crippen molar-refractivity contribution in [1.82, 2.24) is 10.2 Å². The zero-order valence-corrected chi connectivity index (χ0v) is 8.62. The first-order chi connectivity index (χ1) is 6.70. The van der Waals surface area contributed by atoms with Crippen LogP contribution in [0, 0.1) is 0 Å². The van der Waals surface area contributed by atoms with Crippen molar-refractivity contribution < 1.29 is 9.90 Å². The van der Waals surface area contributed by atoms with Crippen LogP contribution in [0.1, 0.15) is 19.3 Å². The van der Waals surface area contributed by atoms with Gasteiger partial charge in [-0.1, -0.05) is 6.58 Å². The summed E-state index contributed by atoms with van der Waals surface area (Å²) >= 11 is 0. The van der Waals surface area contributed by atoms with E-state index in [9.17, 15) is 4.79 Å². The lowest BCUT2D eigenvalue weighted by atomic mass is 10.1. The average Bonchev–Trinajstić information content (AvgIpc) is 2.30. The number of carbonyl (C=O) groups is 1. The van der Waals surface area contributed by atoms with Crippen molar-refractivity contribution in [1.29, 1.82) is 0 Å². The van der Waals surface area contributed by atoms with E-state index in [1.165, 1.54) is 0 Å². The van der Waals surface area contributed by atoms with Crippen LogP contribution in [0.25, 0.3) is 0 Å². The molecule has 1 amide bonds. The molecule has 1 aliphatic rings. The second-order valence-electron chi connectivity index (χ2n) is 3.51. The largest absolute Gasteiger partial charge is 0.395 e. The van der Waals surface area contributed by atoms with Gasteiger partial charge in [0.25, 0.3) is 0 Å². The standard InChI is InChI=1S/C10H18N2O2/c1-8-4-3-5-9(11-2)10(14)12(8)6-7-13/h9,11,13H,1,3-7H2,2H3. The molecule has 1 heterocycles. The minimum atomic E-state index is -0.124. The molecule has 0 saturated carbocycles. The van der Waals surface area contributed by atoms with Gasteiger partial charge in [-0.05, 0) is 26.3 Å². The molecule has 0 aromatic carbocycles. The topological polar surface area (TPSA) is 52.6 Å². The highest BCUT2D eigenvalue weighted by Crippen LogP contribution is 2.19. The Balaban J connectivity index is 2.74. The maximum absolute atomic E-state index is 11.9. The van der Waals surface area contributed by atoms with E-state index in [-0.39, 0.29) is 18.6 Å². The molecule has 1 rings (SSSR count). The second-order valence-corrected chi connectivity index (χ2v) is 3.51. The number of nitrogens with zero attached hydrogens (tertiary/aromatic N) is 1. The minimum absolute atomic E-state index is 0.0127. The van der Waals surface area contributed by atoms with Crippen molar-refractivity contribution in [3.63, 3.8) is 0 Å². The van der Waals surface area contributed by atoms with Gasteiger partial charge in [-0.15, -0.1) is 0 Å². The number of nitrogens with one attached hydrogen (secondary N) is 1. The van der Waals surface area contributed by atoms with Crippen molar-refractivity contribution in [3.05, 3.63) is 12.3 Å². The molecule has 0 radical (unpaired) electrons. The number of rotatable bonds is 3. The number of aliphatic hydroxyl groups is 1. The number of amides is 1. The highest BCUT2D eigenvalue weighted by atomic mass is 16.3. The van der Waals surface area contributed by atoms with Crippen LogP contribution in [-0.2, 0) is 4.79 Å². The Hall–Kier alpha value is -0.870. The van der Waals surface area contributed by atoms with E-state index in [1.807, 2.05) is 0 Å². The monoisotopic (exact) mass is 198 g/mol. The number of carbonyl (C=O) groups excluding carboxylic acids is 1. The summed E-state index contributed by atoms with van der Waals surface area (Å²) < 4.78 is 0. The van der Waals surface area contributed by atoms with Crippen molar-refractivity contribution in [3.8, 4) is 0 Å². The number of likely N-dealkylation sites (tertiary alicyclic amines) is 1. The molecular formula is C10H18N2O2. The fourth-order valence-corrected chi connectivity index (χ4v) is 1.75. The normalized spacial score (nSPS) is 23.9. The molecule has 4 nitrogen and oxygen atoms in total. The molecular weight excluding hydrogens is 180 g/mol. The van der Waals surface area contributed by atoms with Gasteiger partial charge < -0.3 is 15.3 Å². The quantitative estimate of drug-likeness (QED) is 0.676. The molecule has 0 aliphatic carbocycles. The molecule has 80 valence electrons. The molecule has 1 unspecified atom stereocenters. The number of allylic oxidation sites excluding steroid dienone is 1. The third kappa shape index (κ3) is 2.33. The Kier molecular flexibility index (Phi) is 4.10. The van der Waals surface area contributed by atoms with Crippen molar-refractivity contribution in [2.45, 2.75) is 25.3 Å². The number of hydrogen-bond acceptors (Lipinski definition) is 3. The average molecular weight is 198 g/mol. The molecule has 1 aliphatic heterocycles. The summed E-state index contributed by atoms with van der Waals surface area (Å²) in [7, 11) is 1.79. The van der Waals surface area contributed by atoms with Crippen molar-refractivity contribution >= 4 is 5.91 Å². The lowest BCUT2D eigenvalue weighted by Gasteiger charge is -2.24. The Morgan fingerprint density at radius 2 is 2.43 bits per heavy atom. The van der Waals surface area contributed by atoms with Gasteiger partial charge >= 0.3 is 0 Å². The third-order valence-electron chi connectivity index (χ3n) is 2.58. The molecule has 1 saturated heterocycles. The predicted molar refractivity (Wildman–Crippen MR) is 54.6 cm³/mol. The minimum Gasteiger partial charge on any atom is -0.395 e. The molecule has 1 atom stereocenters. The van der Waals surface area contributed by atoms with Crippen LogP contribution >= 0.6 is 0 Å². The number of β-amino-alcohol motifs (C(OH)–C–C–N with tert-alkyl or cyclic N) is 1. The van der Waals surface area contributed by atoms with E-state index >= 15 is 0 Å². The van der Waals surface area contributed by atoms with Crippen LogP contribution in [0.4, 0.5) is 0 Å². The highest BCUT2D eigenvalue weighted by molar-refractivity contribution is 5.83. The SMILES string of the molecule is C=C1CCCC(NC)C(=O)N1CCO. The van der Waals surface area contributed by atoms with Crippen LogP contribution in [0.2, 0.25) is 0 Å². The Bertz CT molecular complexity index is 228. The maximum atomic E-state index is 11.9. The first kappa shape index (κ1) is 11.2. The van der Waals surface area contributed by atoms with Gasteiger partial charge in [0.05, 0.1) is 12.6 Å². The van der Waals surface area contributed by atoms with Crippen LogP contribution in [0.5, 0.6) is 0 Å². The van der Waals surface area contributed by atoms with Crippen LogP contribution in [0.15, 0.2) is 12.3 Å². The first-order valence-corrected chi connectivity index (χ1v) is 4.98. The van der Waals surface area contributed by atoms with Gasteiger partial charge in [0.1, 0.15) is 0 Å². The molecule has 0 aromatic rings. The fraction of sp³-hybridized carbons (Fsp3) is 0.700. The van der Waals surface area contributed by atoms with Gasteiger partial charge in [-0.3, -0.25) is 4.79 Å². The number of aliphatic hydroxyl groups excluding tert-OH is 1. The van der Waals surface area contributed by atoms with E-state index in [2.05, 4.69) is 11.9 Å².